The lowest BCUT2D eigenvalue weighted by Gasteiger charge is -2.13. The Labute approximate surface area is 189 Å². The first kappa shape index (κ1) is 24.5. The van der Waals surface area contributed by atoms with Crippen LogP contribution in [0, 0.1) is 10.1 Å². The second kappa shape index (κ2) is 8.34. The van der Waals surface area contributed by atoms with E-state index in [4.69, 9.17) is 5.11 Å². The number of carboxylic acids is 1. The molecule has 0 fully saturated rings. The molecule has 178 valence electrons. The number of carbonyl (C=O) groups is 2. The minimum Gasteiger partial charge on any atom is -0.507 e. The van der Waals surface area contributed by atoms with Crippen molar-refractivity contribution in [2.75, 3.05) is 5.32 Å². The Morgan fingerprint density at radius 2 is 1.38 bits per heavy atom. The van der Waals surface area contributed by atoms with E-state index in [9.17, 15) is 50.8 Å². The molecular weight excluding hydrogens is 500 g/mol. The van der Waals surface area contributed by atoms with E-state index in [1.807, 2.05) is 0 Å². The van der Waals surface area contributed by atoms with Crippen molar-refractivity contribution in [1.29, 1.82) is 0 Å². The van der Waals surface area contributed by atoms with Gasteiger partial charge in [-0.05, 0) is 29.7 Å². The average Bonchev–Trinajstić information content (AvgIpc) is 2.71. The van der Waals surface area contributed by atoms with Crippen molar-refractivity contribution in [3.05, 3.63) is 63.7 Å². The maximum atomic E-state index is 12.7. The van der Waals surface area contributed by atoms with Crippen molar-refractivity contribution in [2.24, 2.45) is 0 Å². The van der Waals surface area contributed by atoms with Crippen LogP contribution in [0.4, 0.5) is 11.4 Å². The first-order valence-electron chi connectivity index (χ1n) is 8.68. The molecule has 0 radical (unpaired) electrons. The zero-order valence-corrected chi connectivity index (χ0v) is 18.0. The van der Waals surface area contributed by atoms with Gasteiger partial charge in [0.1, 0.15) is 5.75 Å². The summed E-state index contributed by atoms with van der Waals surface area (Å²) in [5.41, 5.74) is -2.34. The monoisotopic (exact) mass is 512 g/mol. The first-order valence-corrected chi connectivity index (χ1v) is 11.6. The number of nitro groups is 1. The van der Waals surface area contributed by atoms with Crippen LogP contribution < -0.4 is 5.32 Å². The molecule has 0 saturated heterocycles. The molecule has 1 amide bonds. The van der Waals surface area contributed by atoms with Gasteiger partial charge < -0.3 is 15.5 Å². The van der Waals surface area contributed by atoms with Crippen LogP contribution in [-0.4, -0.2) is 53.0 Å². The molecule has 0 heterocycles. The summed E-state index contributed by atoms with van der Waals surface area (Å²) in [5, 5.41) is 32.0. The molecule has 0 aliphatic heterocycles. The Hall–Kier alpha value is -4.12. The molecule has 0 aliphatic carbocycles. The van der Waals surface area contributed by atoms with E-state index >= 15 is 0 Å². The van der Waals surface area contributed by atoms with Gasteiger partial charge in [0.25, 0.3) is 31.8 Å². The van der Waals surface area contributed by atoms with Crippen LogP contribution in [0.5, 0.6) is 5.75 Å². The molecule has 34 heavy (non-hydrogen) atoms. The summed E-state index contributed by atoms with van der Waals surface area (Å²) in [7, 11) is -9.77. The standard InChI is InChI=1S/C18H12N2O12S2/c21-15-7-13(34(30,31)32)5-8-4-12(33(27,28)29)6-14(16(8)15)19-17(22)9-1-10(18(23)24)3-11(2-9)20(25)26/h1-7,21H,(H,19,22)(H,23,24)(H,27,28,29)(H,30,31,32). The summed E-state index contributed by atoms with van der Waals surface area (Å²) in [6, 6.07) is 5.07. The van der Waals surface area contributed by atoms with E-state index < -0.39 is 75.1 Å². The lowest BCUT2D eigenvalue weighted by Crippen LogP contribution is -2.14. The molecule has 5 N–H and O–H groups in total. The van der Waals surface area contributed by atoms with Gasteiger partial charge in [0, 0.05) is 29.1 Å². The van der Waals surface area contributed by atoms with Crippen LogP contribution in [-0.2, 0) is 20.2 Å². The summed E-state index contributed by atoms with van der Waals surface area (Å²) >= 11 is 0. The minimum atomic E-state index is -4.93. The number of fused-ring (bicyclic) bond motifs is 1. The Bertz CT molecular complexity index is 1570. The highest BCUT2D eigenvalue weighted by atomic mass is 32.2. The molecule has 14 nitrogen and oxygen atoms in total. The number of non-ortho nitro benzene ring substituents is 1. The highest BCUT2D eigenvalue weighted by Gasteiger charge is 2.22. The summed E-state index contributed by atoms with van der Waals surface area (Å²) in [6.07, 6.45) is 0. The Balaban J connectivity index is 2.24. The van der Waals surface area contributed by atoms with Gasteiger partial charge in [-0.2, -0.15) is 16.8 Å². The topological polar surface area (TPSA) is 239 Å². The lowest BCUT2D eigenvalue weighted by molar-refractivity contribution is -0.384. The zero-order chi connectivity index (χ0) is 25.6. The van der Waals surface area contributed by atoms with Crippen molar-refractivity contribution in [1.82, 2.24) is 0 Å². The van der Waals surface area contributed by atoms with Crippen LogP contribution in [0.2, 0.25) is 0 Å². The third-order valence-corrected chi connectivity index (χ3v) is 6.12. The van der Waals surface area contributed by atoms with Gasteiger partial charge in [-0.25, -0.2) is 4.79 Å². The third-order valence-electron chi connectivity index (χ3n) is 4.46. The van der Waals surface area contributed by atoms with E-state index in [-0.39, 0.29) is 10.8 Å². The number of nitro benzene ring substituents is 1. The van der Waals surface area contributed by atoms with E-state index in [1.165, 1.54) is 0 Å². The summed E-state index contributed by atoms with van der Waals surface area (Å²) in [4.78, 5) is 32.5. The van der Waals surface area contributed by atoms with E-state index in [2.05, 4.69) is 5.32 Å². The molecular formula is C18H12N2O12S2. The van der Waals surface area contributed by atoms with Crippen molar-refractivity contribution in [3.63, 3.8) is 0 Å². The van der Waals surface area contributed by atoms with Crippen LogP contribution in [0.1, 0.15) is 20.7 Å². The largest absolute Gasteiger partial charge is 0.507 e. The van der Waals surface area contributed by atoms with E-state index in [0.717, 1.165) is 24.3 Å². The number of phenols is 1. The Morgan fingerprint density at radius 3 is 1.88 bits per heavy atom. The fourth-order valence-corrected chi connectivity index (χ4v) is 4.08. The molecule has 0 bridgehead atoms. The zero-order valence-electron chi connectivity index (χ0n) is 16.4. The smallest absolute Gasteiger partial charge is 0.335 e. The fraction of sp³-hybridized carbons (Fsp3) is 0. The van der Waals surface area contributed by atoms with Gasteiger partial charge in [-0.1, -0.05) is 0 Å². The van der Waals surface area contributed by atoms with Crippen molar-refractivity contribution >= 4 is 54.3 Å². The number of hydrogen-bond acceptors (Lipinski definition) is 9. The van der Waals surface area contributed by atoms with Gasteiger partial charge >= 0.3 is 5.97 Å². The molecule has 3 aromatic carbocycles. The van der Waals surface area contributed by atoms with E-state index in [1.54, 1.807) is 0 Å². The number of nitrogens with zero attached hydrogens (tertiary/aromatic N) is 1. The molecule has 0 spiro atoms. The highest BCUT2D eigenvalue weighted by Crippen LogP contribution is 2.37. The Morgan fingerprint density at radius 1 is 0.853 bits per heavy atom. The van der Waals surface area contributed by atoms with Crippen molar-refractivity contribution in [3.8, 4) is 5.75 Å². The minimum absolute atomic E-state index is 0.322. The SMILES string of the molecule is O=C(O)c1cc(C(=O)Nc2cc(S(=O)(=O)O)cc3cc(S(=O)(=O)O)cc(O)c23)cc([N+](=O)[O-])c1. The number of anilines is 1. The highest BCUT2D eigenvalue weighted by molar-refractivity contribution is 7.86. The molecule has 0 saturated carbocycles. The fourth-order valence-electron chi connectivity index (χ4n) is 3.00. The number of nitrogens with one attached hydrogen (secondary N) is 1. The number of carboxylic acid groups (broad SMARTS) is 1. The van der Waals surface area contributed by atoms with Crippen LogP contribution in [0.15, 0.2) is 52.3 Å². The van der Waals surface area contributed by atoms with Gasteiger partial charge in [-0.3, -0.25) is 24.0 Å². The molecule has 0 aliphatic rings. The molecule has 0 aromatic heterocycles. The first-order chi connectivity index (χ1) is 15.6. The van der Waals surface area contributed by atoms with Crippen molar-refractivity contribution < 1.29 is 50.7 Å². The summed E-state index contributed by atoms with van der Waals surface area (Å²) in [6.45, 7) is 0. The molecule has 0 unspecified atom stereocenters. The van der Waals surface area contributed by atoms with Crippen molar-refractivity contribution in [2.45, 2.75) is 9.79 Å². The summed E-state index contributed by atoms with van der Waals surface area (Å²) < 4.78 is 64.8. The quantitative estimate of drug-likeness (QED) is 0.181. The van der Waals surface area contributed by atoms with Gasteiger partial charge in [0.15, 0.2) is 0 Å². The van der Waals surface area contributed by atoms with Crippen LogP contribution in [0.3, 0.4) is 0 Å². The number of amides is 1. The average molecular weight is 512 g/mol. The Kier molecular flexibility index (Phi) is 6.02. The predicted octanol–water partition coefficient (Wildman–Crippen LogP) is 1.90. The number of rotatable bonds is 6. The molecule has 3 rings (SSSR count). The second-order valence-corrected chi connectivity index (χ2v) is 9.59. The van der Waals surface area contributed by atoms with Crippen LogP contribution >= 0.6 is 0 Å². The number of hydrogen-bond donors (Lipinski definition) is 5. The lowest BCUT2D eigenvalue weighted by atomic mass is 10.1. The molecule has 16 heteroatoms. The van der Waals surface area contributed by atoms with E-state index in [0.29, 0.717) is 18.2 Å². The third kappa shape index (κ3) is 4.94. The number of carbonyl (C=O) groups excluding carboxylic acids is 1. The van der Waals surface area contributed by atoms with Gasteiger partial charge in [-0.15, -0.1) is 0 Å². The number of phenolic OH excluding ortho intramolecular Hbond substituents is 1. The maximum absolute atomic E-state index is 12.7. The normalized spacial score (nSPS) is 11.8. The summed E-state index contributed by atoms with van der Waals surface area (Å²) in [5.74, 6) is -3.57. The molecule has 0 atom stereocenters. The van der Waals surface area contributed by atoms with Crippen LogP contribution in [0.25, 0.3) is 10.8 Å². The van der Waals surface area contributed by atoms with Gasteiger partial charge in [0.2, 0.25) is 0 Å². The predicted molar refractivity (Wildman–Crippen MR) is 113 cm³/mol. The van der Waals surface area contributed by atoms with Gasteiger partial charge in [0.05, 0.1) is 26.0 Å². The number of aromatic carboxylic acids is 1. The maximum Gasteiger partial charge on any atom is 0.335 e. The second-order valence-electron chi connectivity index (χ2n) is 6.75. The number of benzene rings is 3. The number of aromatic hydroxyl groups is 1. The molecule has 3 aromatic rings.